The molecule has 0 aromatic carbocycles. The summed E-state index contributed by atoms with van der Waals surface area (Å²) in [7, 11) is 0. The van der Waals surface area contributed by atoms with Gasteiger partial charge in [0.1, 0.15) is 5.82 Å². The quantitative estimate of drug-likeness (QED) is 0.759. The van der Waals surface area contributed by atoms with Gasteiger partial charge in [-0.05, 0) is 25.2 Å². The van der Waals surface area contributed by atoms with E-state index in [0.29, 0.717) is 16.8 Å². The van der Waals surface area contributed by atoms with Crippen LogP contribution in [-0.4, -0.2) is 33.4 Å². The number of hydrogen-bond acceptors (Lipinski definition) is 4. The highest BCUT2D eigenvalue weighted by Crippen LogP contribution is 2.22. The molecule has 0 unspecified atom stereocenters. The van der Waals surface area contributed by atoms with Crippen molar-refractivity contribution in [1.29, 1.82) is 0 Å². The number of nitrogens with one attached hydrogen (secondary N) is 2. The molecular weight excluding hydrogens is 272 g/mol. The highest BCUT2D eigenvalue weighted by atomic mass is 32.2. The van der Waals surface area contributed by atoms with Gasteiger partial charge in [0.25, 0.3) is 0 Å². The van der Waals surface area contributed by atoms with E-state index in [1.54, 1.807) is 0 Å². The van der Waals surface area contributed by atoms with E-state index >= 15 is 0 Å². The number of aryl methyl sites for hydroxylation is 1. The summed E-state index contributed by atoms with van der Waals surface area (Å²) in [5.41, 5.74) is 0. The van der Waals surface area contributed by atoms with E-state index in [4.69, 9.17) is 0 Å². The third kappa shape index (κ3) is 5.15. The Morgan fingerprint density at radius 3 is 2.95 bits per heavy atom. The van der Waals surface area contributed by atoms with Gasteiger partial charge >= 0.3 is 0 Å². The monoisotopic (exact) mass is 296 g/mol. The van der Waals surface area contributed by atoms with Crippen LogP contribution in [0.3, 0.4) is 0 Å². The van der Waals surface area contributed by atoms with Crippen molar-refractivity contribution < 1.29 is 4.79 Å². The van der Waals surface area contributed by atoms with Gasteiger partial charge < -0.3 is 5.32 Å². The summed E-state index contributed by atoms with van der Waals surface area (Å²) in [5.74, 6) is 2.06. The topological polar surface area (TPSA) is 70.7 Å². The lowest BCUT2D eigenvalue weighted by molar-refractivity contribution is -0.118. The van der Waals surface area contributed by atoms with Crippen LogP contribution in [-0.2, 0) is 11.2 Å². The normalized spacial score (nSPS) is 16.2. The molecule has 5 nitrogen and oxygen atoms in total. The molecule has 1 heterocycles. The van der Waals surface area contributed by atoms with E-state index in [9.17, 15) is 4.79 Å². The number of carbonyl (C=O) groups excluding carboxylic acids is 1. The predicted molar refractivity (Wildman–Crippen MR) is 80.7 cm³/mol. The smallest absolute Gasteiger partial charge is 0.230 e. The zero-order valence-corrected chi connectivity index (χ0v) is 13.0. The van der Waals surface area contributed by atoms with Crippen molar-refractivity contribution in [3.8, 4) is 0 Å². The first kappa shape index (κ1) is 15.4. The Morgan fingerprint density at radius 1 is 1.40 bits per heavy atom. The summed E-state index contributed by atoms with van der Waals surface area (Å²) in [4.78, 5) is 16.1. The fourth-order valence-corrected chi connectivity index (χ4v) is 3.17. The zero-order chi connectivity index (χ0) is 14.2. The number of rotatable bonds is 7. The highest BCUT2D eigenvalue weighted by molar-refractivity contribution is 7.99. The van der Waals surface area contributed by atoms with Crippen LogP contribution < -0.4 is 5.32 Å². The Hall–Kier alpha value is -1.04. The molecule has 1 fully saturated rings. The second-order valence-electron chi connectivity index (χ2n) is 5.41. The minimum atomic E-state index is 0.0856. The third-order valence-electron chi connectivity index (χ3n) is 3.64. The van der Waals surface area contributed by atoms with E-state index in [2.05, 4.69) is 27.4 Å². The van der Waals surface area contributed by atoms with E-state index in [-0.39, 0.29) is 5.91 Å². The SMILES string of the molecule is CCCc1nc(SCC(=O)NCC2CCCCC2)n[nH]1. The van der Waals surface area contributed by atoms with Gasteiger partial charge in [0, 0.05) is 13.0 Å². The maximum absolute atomic E-state index is 11.8. The lowest BCUT2D eigenvalue weighted by atomic mass is 9.89. The molecule has 0 saturated heterocycles. The lowest BCUT2D eigenvalue weighted by Crippen LogP contribution is -2.31. The van der Waals surface area contributed by atoms with Crippen molar-refractivity contribution in [3.05, 3.63) is 5.82 Å². The summed E-state index contributed by atoms with van der Waals surface area (Å²) in [6, 6.07) is 0. The molecule has 20 heavy (non-hydrogen) atoms. The molecule has 1 aromatic rings. The molecule has 112 valence electrons. The van der Waals surface area contributed by atoms with Gasteiger partial charge in [-0.2, -0.15) is 0 Å². The van der Waals surface area contributed by atoms with Crippen LogP contribution >= 0.6 is 11.8 Å². The van der Waals surface area contributed by atoms with Crippen molar-refractivity contribution >= 4 is 17.7 Å². The fourth-order valence-electron chi connectivity index (χ4n) is 2.52. The first-order valence-corrected chi connectivity index (χ1v) is 8.57. The van der Waals surface area contributed by atoms with Crippen LogP contribution in [0, 0.1) is 5.92 Å². The first-order valence-electron chi connectivity index (χ1n) is 7.58. The highest BCUT2D eigenvalue weighted by Gasteiger charge is 2.14. The van der Waals surface area contributed by atoms with Crippen LogP contribution in [0.5, 0.6) is 0 Å². The maximum atomic E-state index is 11.8. The Labute approximate surface area is 124 Å². The van der Waals surface area contributed by atoms with Crippen LogP contribution in [0.15, 0.2) is 5.16 Å². The number of amides is 1. The predicted octanol–water partition coefficient (Wildman–Crippen LogP) is 2.55. The third-order valence-corrected chi connectivity index (χ3v) is 4.49. The van der Waals surface area contributed by atoms with Gasteiger partial charge in [0.15, 0.2) is 0 Å². The summed E-state index contributed by atoms with van der Waals surface area (Å²) in [6.07, 6.45) is 8.44. The molecule has 0 atom stereocenters. The molecule has 1 amide bonds. The Balaban J connectivity index is 1.63. The summed E-state index contributed by atoms with van der Waals surface area (Å²) in [5, 5.41) is 10.7. The molecule has 1 aromatic heterocycles. The van der Waals surface area contributed by atoms with E-state index in [0.717, 1.165) is 25.2 Å². The molecule has 2 rings (SSSR count). The number of H-pyrrole nitrogens is 1. The largest absolute Gasteiger partial charge is 0.355 e. The Kier molecular flexibility index (Phi) is 6.36. The van der Waals surface area contributed by atoms with Crippen LogP contribution in [0.2, 0.25) is 0 Å². The molecule has 2 N–H and O–H groups in total. The van der Waals surface area contributed by atoms with Crippen molar-refractivity contribution in [1.82, 2.24) is 20.5 Å². The van der Waals surface area contributed by atoms with Gasteiger partial charge in [-0.15, -0.1) is 5.10 Å². The van der Waals surface area contributed by atoms with E-state index in [1.165, 1.54) is 43.9 Å². The second kappa shape index (κ2) is 8.29. The number of thioether (sulfide) groups is 1. The molecule has 1 aliphatic carbocycles. The average Bonchev–Trinajstić information content (AvgIpc) is 2.92. The molecule has 1 aliphatic rings. The van der Waals surface area contributed by atoms with E-state index in [1.807, 2.05) is 0 Å². The lowest BCUT2D eigenvalue weighted by Gasteiger charge is -2.21. The summed E-state index contributed by atoms with van der Waals surface area (Å²) in [6.45, 7) is 2.93. The van der Waals surface area contributed by atoms with Crippen molar-refractivity contribution in [2.24, 2.45) is 5.92 Å². The molecule has 0 aliphatic heterocycles. The Bertz CT molecular complexity index is 415. The van der Waals surface area contributed by atoms with E-state index < -0.39 is 0 Å². The van der Waals surface area contributed by atoms with Crippen LogP contribution in [0.25, 0.3) is 0 Å². The standard InChI is InChI=1S/C14H24N4OS/c1-2-6-12-16-14(18-17-12)20-10-13(19)15-9-11-7-4-3-5-8-11/h11H,2-10H2,1H3,(H,15,19)(H,16,17,18). The molecule has 0 bridgehead atoms. The van der Waals surface area contributed by atoms with Gasteiger partial charge in [-0.25, -0.2) is 4.98 Å². The van der Waals surface area contributed by atoms with Gasteiger partial charge in [0.2, 0.25) is 11.1 Å². The summed E-state index contributed by atoms with van der Waals surface area (Å²) >= 11 is 1.40. The number of hydrogen-bond donors (Lipinski definition) is 2. The number of aromatic amines is 1. The zero-order valence-electron chi connectivity index (χ0n) is 12.2. The minimum Gasteiger partial charge on any atom is -0.355 e. The second-order valence-corrected chi connectivity index (χ2v) is 6.35. The van der Waals surface area contributed by atoms with Crippen LogP contribution in [0.4, 0.5) is 0 Å². The van der Waals surface area contributed by atoms with Crippen LogP contribution in [0.1, 0.15) is 51.3 Å². The summed E-state index contributed by atoms with van der Waals surface area (Å²) < 4.78 is 0. The number of aromatic nitrogens is 3. The van der Waals surface area contributed by atoms with Crippen molar-refractivity contribution in [3.63, 3.8) is 0 Å². The molecule has 0 spiro atoms. The van der Waals surface area contributed by atoms with Crippen molar-refractivity contribution in [2.45, 2.75) is 57.0 Å². The Morgan fingerprint density at radius 2 is 2.20 bits per heavy atom. The average molecular weight is 296 g/mol. The minimum absolute atomic E-state index is 0.0856. The maximum Gasteiger partial charge on any atom is 0.230 e. The van der Waals surface area contributed by atoms with Gasteiger partial charge in [-0.3, -0.25) is 9.89 Å². The van der Waals surface area contributed by atoms with Gasteiger partial charge in [-0.1, -0.05) is 37.9 Å². The molecule has 1 saturated carbocycles. The fraction of sp³-hybridized carbons (Fsp3) is 0.786. The molecule has 0 radical (unpaired) electrons. The number of carbonyl (C=O) groups is 1. The molecular formula is C14H24N4OS. The number of nitrogens with zero attached hydrogens (tertiary/aromatic N) is 2. The molecule has 6 heteroatoms. The first-order chi connectivity index (χ1) is 9.78. The van der Waals surface area contributed by atoms with Crippen molar-refractivity contribution in [2.75, 3.05) is 12.3 Å². The van der Waals surface area contributed by atoms with Gasteiger partial charge in [0.05, 0.1) is 5.75 Å².